The van der Waals surface area contributed by atoms with E-state index in [1.54, 1.807) is 44.2 Å². The molecule has 1 aliphatic heterocycles. The van der Waals surface area contributed by atoms with Gasteiger partial charge in [-0.3, -0.25) is 13.9 Å². The number of nitrogens with two attached hydrogens (primary N) is 1. The molecule has 3 aromatic rings. The van der Waals surface area contributed by atoms with Crippen LogP contribution >= 0.6 is 7.75 Å². The fourth-order valence-corrected chi connectivity index (χ4v) is 6.04. The SMILES string of the molecule is CC(C)OC(=O)[C@H](C)NP(=O)(OC[C@@H]1C[C@@](C)(F)[C@H](n2cnc3c(NC4CC4)nc(N)nc32)O1)Oc1ccccc1. The van der Waals surface area contributed by atoms with Crippen molar-refractivity contribution in [2.45, 2.75) is 83.1 Å². The number of anilines is 2. The molecule has 1 unspecified atom stereocenters. The van der Waals surface area contributed by atoms with Crippen LogP contribution < -0.4 is 20.7 Å². The number of aromatic nitrogens is 4. The van der Waals surface area contributed by atoms with Crippen LogP contribution in [0.25, 0.3) is 11.2 Å². The fraction of sp³-hybridized carbons (Fsp3) is 0.538. The third kappa shape index (κ3) is 6.95. The number of imidazole rings is 1. The highest BCUT2D eigenvalue weighted by Gasteiger charge is 2.48. The molecule has 13 nitrogen and oxygen atoms in total. The number of esters is 1. The minimum atomic E-state index is -4.15. The molecule has 0 spiro atoms. The van der Waals surface area contributed by atoms with Crippen LogP contribution in [0.1, 0.15) is 53.2 Å². The molecule has 5 rings (SSSR count). The minimum Gasteiger partial charge on any atom is -0.462 e. The zero-order valence-corrected chi connectivity index (χ0v) is 24.2. The van der Waals surface area contributed by atoms with Gasteiger partial charge in [0.2, 0.25) is 5.95 Å². The average molecular weight is 592 g/mol. The monoisotopic (exact) mass is 591 g/mol. The van der Waals surface area contributed by atoms with Crippen molar-refractivity contribution < 1.29 is 32.3 Å². The first-order chi connectivity index (χ1) is 19.4. The Kier molecular flexibility index (Phi) is 8.20. The topological polar surface area (TPSA) is 165 Å². The second-order valence-electron chi connectivity index (χ2n) is 10.8. The van der Waals surface area contributed by atoms with Crippen LogP contribution in [0.3, 0.4) is 0 Å². The molecule has 2 aromatic heterocycles. The number of nitrogen functional groups attached to an aromatic ring is 1. The van der Waals surface area contributed by atoms with E-state index in [0.717, 1.165) is 12.8 Å². The molecule has 1 aliphatic carbocycles. The Morgan fingerprint density at radius 3 is 2.68 bits per heavy atom. The van der Waals surface area contributed by atoms with Gasteiger partial charge in [-0.1, -0.05) is 18.2 Å². The van der Waals surface area contributed by atoms with Crippen molar-refractivity contribution >= 4 is 36.6 Å². The van der Waals surface area contributed by atoms with E-state index in [1.165, 1.54) is 24.7 Å². The highest BCUT2D eigenvalue weighted by atomic mass is 31.2. The average Bonchev–Trinajstić information content (AvgIpc) is 3.53. The molecular formula is C26H35FN7O6P. The van der Waals surface area contributed by atoms with Crippen LogP contribution in [0.15, 0.2) is 36.7 Å². The van der Waals surface area contributed by atoms with Gasteiger partial charge in [0.15, 0.2) is 28.9 Å². The van der Waals surface area contributed by atoms with E-state index in [-0.39, 0.29) is 30.8 Å². The van der Waals surface area contributed by atoms with Crippen molar-refractivity contribution in [2.24, 2.45) is 0 Å². The summed E-state index contributed by atoms with van der Waals surface area (Å²) in [4.78, 5) is 25.3. The smallest absolute Gasteiger partial charge is 0.459 e. The standard InChI is InChI=1S/C26H35FN7O6P/c1-15(2)38-23(35)16(3)33-41(36,40-18-8-6-5-7-9-18)37-13-19-12-26(4,27)24(39-19)34-14-29-20-21(30-17-10-11-17)31-25(28)32-22(20)34/h5-9,14-17,19,24H,10-13H2,1-4H3,(H,33,36)(H3,28,30,31,32)/t16-,19-,24+,26+,41?/m0/s1. The summed E-state index contributed by atoms with van der Waals surface area (Å²) in [6.45, 7) is 6.01. The normalized spacial score (nSPS) is 24.7. The highest BCUT2D eigenvalue weighted by Crippen LogP contribution is 2.48. The van der Waals surface area contributed by atoms with Gasteiger partial charge in [0.1, 0.15) is 11.8 Å². The predicted octanol–water partition coefficient (Wildman–Crippen LogP) is 4.13. The Morgan fingerprint density at radius 1 is 1.27 bits per heavy atom. The van der Waals surface area contributed by atoms with Crippen LogP contribution in [-0.4, -0.2) is 62.1 Å². The number of benzene rings is 1. The molecule has 5 atom stereocenters. The second kappa shape index (κ2) is 11.5. The molecule has 41 heavy (non-hydrogen) atoms. The van der Waals surface area contributed by atoms with Gasteiger partial charge in [-0.25, -0.2) is 13.9 Å². The molecule has 1 saturated heterocycles. The van der Waals surface area contributed by atoms with Crippen molar-refractivity contribution in [3.8, 4) is 5.75 Å². The third-order valence-electron chi connectivity index (χ3n) is 6.53. The fourth-order valence-electron chi connectivity index (χ4n) is 4.51. The molecule has 0 amide bonds. The zero-order chi connectivity index (χ0) is 29.4. The number of halogens is 1. The van der Waals surface area contributed by atoms with Crippen molar-refractivity contribution in [3.05, 3.63) is 36.7 Å². The Hall–Kier alpha value is -3.32. The number of para-hydroxylation sites is 1. The lowest BCUT2D eigenvalue weighted by Gasteiger charge is -2.24. The second-order valence-corrected chi connectivity index (χ2v) is 12.5. The largest absolute Gasteiger partial charge is 0.462 e. The summed E-state index contributed by atoms with van der Waals surface area (Å²) >= 11 is 0. The number of fused-ring (bicyclic) bond motifs is 1. The summed E-state index contributed by atoms with van der Waals surface area (Å²) in [6, 6.07) is 7.65. The first-order valence-electron chi connectivity index (χ1n) is 13.5. The summed E-state index contributed by atoms with van der Waals surface area (Å²) in [5.41, 5.74) is 4.87. The molecule has 1 saturated carbocycles. The number of hydrogen-bond acceptors (Lipinski definition) is 11. The van der Waals surface area contributed by atoms with E-state index in [4.69, 9.17) is 24.3 Å². The summed E-state index contributed by atoms with van der Waals surface area (Å²) in [5, 5.41) is 5.90. The molecule has 1 aromatic carbocycles. The van der Waals surface area contributed by atoms with Crippen molar-refractivity contribution in [1.29, 1.82) is 0 Å². The summed E-state index contributed by atoms with van der Waals surface area (Å²) in [7, 11) is -4.15. The van der Waals surface area contributed by atoms with Crippen molar-refractivity contribution in [3.63, 3.8) is 0 Å². The highest BCUT2D eigenvalue weighted by molar-refractivity contribution is 7.52. The minimum absolute atomic E-state index is 0.0241. The van der Waals surface area contributed by atoms with E-state index >= 15 is 4.39 Å². The Labute approximate surface area is 236 Å². The first kappa shape index (κ1) is 29.2. The molecule has 0 radical (unpaired) electrons. The molecule has 0 bridgehead atoms. The van der Waals surface area contributed by atoms with Gasteiger partial charge in [-0.15, -0.1) is 0 Å². The van der Waals surface area contributed by atoms with E-state index < -0.39 is 37.8 Å². The van der Waals surface area contributed by atoms with Crippen LogP contribution in [0, 0.1) is 0 Å². The van der Waals surface area contributed by atoms with E-state index in [1.807, 2.05) is 0 Å². The molecular weight excluding hydrogens is 556 g/mol. The summed E-state index contributed by atoms with van der Waals surface area (Å²) in [6.07, 6.45) is 1.10. The number of carbonyl (C=O) groups excluding carboxylic acids is 1. The Bertz CT molecular complexity index is 1430. The molecule has 222 valence electrons. The lowest BCUT2D eigenvalue weighted by atomic mass is 10.0. The van der Waals surface area contributed by atoms with Gasteiger partial charge in [0.25, 0.3) is 0 Å². The maximum absolute atomic E-state index is 15.9. The van der Waals surface area contributed by atoms with Gasteiger partial charge >= 0.3 is 13.7 Å². The predicted molar refractivity (Wildman–Crippen MR) is 149 cm³/mol. The van der Waals surface area contributed by atoms with E-state index in [9.17, 15) is 9.36 Å². The Balaban J connectivity index is 1.32. The maximum atomic E-state index is 15.9. The number of hydrogen-bond donors (Lipinski definition) is 3. The van der Waals surface area contributed by atoms with Crippen LogP contribution in [0.2, 0.25) is 0 Å². The number of rotatable bonds is 12. The third-order valence-corrected chi connectivity index (χ3v) is 8.17. The van der Waals surface area contributed by atoms with Gasteiger partial charge in [-0.2, -0.15) is 15.1 Å². The number of nitrogens with one attached hydrogen (secondary N) is 2. The van der Waals surface area contributed by atoms with Crippen LogP contribution in [-0.2, 0) is 23.4 Å². The molecule has 3 heterocycles. The summed E-state index contributed by atoms with van der Waals surface area (Å²) < 4.78 is 53.9. The van der Waals surface area contributed by atoms with Crippen molar-refractivity contribution in [2.75, 3.05) is 17.7 Å². The van der Waals surface area contributed by atoms with E-state index in [2.05, 4.69) is 25.4 Å². The number of ether oxygens (including phenoxy) is 2. The van der Waals surface area contributed by atoms with Gasteiger partial charge < -0.3 is 25.0 Å². The lowest BCUT2D eigenvalue weighted by molar-refractivity contribution is -0.149. The van der Waals surface area contributed by atoms with Crippen LogP contribution in [0.4, 0.5) is 16.2 Å². The maximum Gasteiger partial charge on any atom is 0.459 e. The van der Waals surface area contributed by atoms with Gasteiger partial charge in [-0.05, 0) is 52.7 Å². The zero-order valence-electron chi connectivity index (χ0n) is 23.3. The van der Waals surface area contributed by atoms with Crippen LogP contribution in [0.5, 0.6) is 5.75 Å². The number of carbonyl (C=O) groups is 1. The number of nitrogens with zero attached hydrogens (tertiary/aromatic N) is 4. The first-order valence-corrected chi connectivity index (χ1v) is 15.1. The quantitative estimate of drug-likeness (QED) is 0.204. The summed E-state index contributed by atoms with van der Waals surface area (Å²) in [5.74, 6) is 0.141. The molecule has 2 aliphatic rings. The van der Waals surface area contributed by atoms with E-state index in [0.29, 0.717) is 23.0 Å². The number of alkyl halides is 1. The molecule has 15 heteroatoms. The van der Waals surface area contributed by atoms with Gasteiger partial charge in [0, 0.05) is 12.5 Å². The van der Waals surface area contributed by atoms with Gasteiger partial charge in [0.05, 0.1) is 25.1 Å². The molecule has 4 N–H and O–H groups in total. The molecule has 2 fully saturated rings. The Morgan fingerprint density at radius 2 is 2.00 bits per heavy atom. The van der Waals surface area contributed by atoms with Crippen molar-refractivity contribution in [1.82, 2.24) is 24.6 Å². The lowest BCUT2D eigenvalue weighted by Crippen LogP contribution is -2.36.